The van der Waals surface area contributed by atoms with E-state index in [0.717, 1.165) is 29.4 Å². The molecular weight excluding hydrogens is 332 g/mol. The Balaban J connectivity index is 1.31. The molecule has 5 heteroatoms. The van der Waals surface area contributed by atoms with E-state index in [1.165, 1.54) is 12.8 Å². The van der Waals surface area contributed by atoms with Crippen LogP contribution in [0.1, 0.15) is 51.9 Å². The predicted molar refractivity (Wildman–Crippen MR) is 97.2 cm³/mol. The van der Waals surface area contributed by atoms with Gasteiger partial charge in [-0.05, 0) is 48.8 Å². The lowest BCUT2D eigenvalue weighted by atomic mass is 9.75. The van der Waals surface area contributed by atoms with Crippen LogP contribution in [0.15, 0.2) is 18.2 Å². The zero-order valence-corrected chi connectivity index (χ0v) is 16.0. The van der Waals surface area contributed by atoms with Crippen LogP contribution in [0.3, 0.4) is 0 Å². The molecule has 0 N–H and O–H groups in total. The standard InChI is InChI=1S/C21H30O5/c1-13(2)17-6-4-14(3)8-19(17)22-10-16-11-23-21(26-16)15-5-7-18-20(9-15)25-12-24-18/h5,7,9,13-14,16-17,19,21H,4,6,8,10-12H2,1-3H3/t14-,16?,17+,19?,21?/m1/s1. The average Bonchev–Trinajstić information content (AvgIpc) is 3.28. The number of fused-ring (bicyclic) bond motifs is 1. The van der Waals surface area contributed by atoms with Crippen LogP contribution in [0, 0.1) is 17.8 Å². The van der Waals surface area contributed by atoms with Crippen LogP contribution in [0.25, 0.3) is 0 Å². The SMILES string of the molecule is CC(C)[C@@H]1CC[C@@H](C)CC1OCC1COC(c2ccc3c(c2)OCO3)O1. The van der Waals surface area contributed by atoms with Gasteiger partial charge in [0.25, 0.3) is 0 Å². The third kappa shape index (κ3) is 3.85. The minimum absolute atomic E-state index is 0.0181. The summed E-state index contributed by atoms with van der Waals surface area (Å²) in [4.78, 5) is 0. The summed E-state index contributed by atoms with van der Waals surface area (Å²) >= 11 is 0. The van der Waals surface area contributed by atoms with E-state index in [0.29, 0.717) is 31.2 Å². The molecule has 0 spiro atoms. The molecule has 144 valence electrons. The molecule has 5 atom stereocenters. The van der Waals surface area contributed by atoms with Crippen LogP contribution < -0.4 is 9.47 Å². The topological polar surface area (TPSA) is 46.2 Å². The van der Waals surface area contributed by atoms with Gasteiger partial charge in [-0.3, -0.25) is 0 Å². The third-order valence-corrected chi connectivity index (χ3v) is 5.88. The van der Waals surface area contributed by atoms with Gasteiger partial charge in [-0.1, -0.05) is 27.2 Å². The van der Waals surface area contributed by atoms with Crippen molar-refractivity contribution in [3.8, 4) is 11.5 Å². The zero-order valence-electron chi connectivity index (χ0n) is 16.0. The van der Waals surface area contributed by atoms with Crippen molar-refractivity contribution in [2.24, 2.45) is 17.8 Å². The molecule has 3 unspecified atom stereocenters. The molecule has 0 radical (unpaired) electrons. The zero-order chi connectivity index (χ0) is 18.1. The molecule has 1 aliphatic carbocycles. The van der Waals surface area contributed by atoms with Crippen molar-refractivity contribution < 1.29 is 23.7 Å². The summed E-state index contributed by atoms with van der Waals surface area (Å²) in [6.07, 6.45) is 3.71. The minimum Gasteiger partial charge on any atom is -0.454 e. The lowest BCUT2D eigenvalue weighted by Crippen LogP contribution is -2.36. The van der Waals surface area contributed by atoms with Crippen LogP contribution in [-0.2, 0) is 14.2 Å². The van der Waals surface area contributed by atoms with Crippen LogP contribution in [0.5, 0.6) is 11.5 Å². The molecule has 1 saturated heterocycles. The molecule has 5 nitrogen and oxygen atoms in total. The maximum absolute atomic E-state index is 6.32. The highest BCUT2D eigenvalue weighted by molar-refractivity contribution is 5.44. The lowest BCUT2D eigenvalue weighted by Gasteiger charge is -2.37. The van der Waals surface area contributed by atoms with Gasteiger partial charge < -0.3 is 23.7 Å². The fourth-order valence-electron chi connectivity index (χ4n) is 4.31. The van der Waals surface area contributed by atoms with Gasteiger partial charge >= 0.3 is 0 Å². The van der Waals surface area contributed by atoms with E-state index in [4.69, 9.17) is 23.7 Å². The van der Waals surface area contributed by atoms with Gasteiger partial charge in [0.1, 0.15) is 6.10 Å². The second-order valence-corrected chi connectivity index (χ2v) is 8.23. The second-order valence-electron chi connectivity index (χ2n) is 8.23. The van der Waals surface area contributed by atoms with Crippen LogP contribution >= 0.6 is 0 Å². The molecule has 0 bridgehead atoms. The van der Waals surface area contributed by atoms with E-state index in [-0.39, 0.29) is 19.2 Å². The van der Waals surface area contributed by atoms with Crippen molar-refractivity contribution in [3.05, 3.63) is 23.8 Å². The first-order valence-electron chi connectivity index (χ1n) is 9.88. The van der Waals surface area contributed by atoms with Crippen molar-refractivity contribution in [1.29, 1.82) is 0 Å². The molecule has 2 aliphatic heterocycles. The van der Waals surface area contributed by atoms with E-state index >= 15 is 0 Å². The molecular formula is C21H30O5. The van der Waals surface area contributed by atoms with Gasteiger partial charge in [0.05, 0.1) is 19.3 Å². The Morgan fingerprint density at radius 3 is 2.85 bits per heavy atom. The van der Waals surface area contributed by atoms with E-state index < -0.39 is 0 Å². The minimum atomic E-state index is -0.357. The van der Waals surface area contributed by atoms with E-state index in [9.17, 15) is 0 Å². The highest BCUT2D eigenvalue weighted by atomic mass is 16.7. The normalized spacial score (nSPS) is 33.8. The Bertz CT molecular complexity index is 616. The van der Waals surface area contributed by atoms with Crippen LogP contribution in [0.4, 0.5) is 0 Å². The quantitative estimate of drug-likeness (QED) is 0.781. The summed E-state index contributed by atoms with van der Waals surface area (Å²) in [5.41, 5.74) is 0.961. The molecule has 0 amide bonds. The van der Waals surface area contributed by atoms with Gasteiger partial charge in [-0.15, -0.1) is 0 Å². The monoisotopic (exact) mass is 362 g/mol. The van der Waals surface area contributed by atoms with Crippen molar-refractivity contribution >= 4 is 0 Å². The molecule has 26 heavy (non-hydrogen) atoms. The number of hydrogen-bond acceptors (Lipinski definition) is 5. The van der Waals surface area contributed by atoms with Gasteiger partial charge in [-0.2, -0.15) is 0 Å². The Morgan fingerprint density at radius 2 is 2.00 bits per heavy atom. The summed E-state index contributed by atoms with van der Waals surface area (Å²) < 4.78 is 29.0. The Labute approximate surface area is 155 Å². The summed E-state index contributed by atoms with van der Waals surface area (Å²) in [6, 6.07) is 5.82. The van der Waals surface area contributed by atoms with Gasteiger partial charge in [-0.25, -0.2) is 0 Å². The second kappa shape index (κ2) is 7.75. The first kappa shape index (κ1) is 18.1. The Hall–Kier alpha value is -1.30. The molecule has 2 fully saturated rings. The maximum Gasteiger partial charge on any atom is 0.231 e. The van der Waals surface area contributed by atoms with Gasteiger partial charge in [0, 0.05) is 5.56 Å². The maximum atomic E-state index is 6.32. The highest BCUT2D eigenvalue weighted by Crippen LogP contribution is 2.38. The van der Waals surface area contributed by atoms with Crippen molar-refractivity contribution in [2.75, 3.05) is 20.0 Å². The van der Waals surface area contributed by atoms with Crippen molar-refractivity contribution in [3.63, 3.8) is 0 Å². The van der Waals surface area contributed by atoms with Crippen molar-refractivity contribution in [1.82, 2.24) is 0 Å². The molecule has 1 saturated carbocycles. The van der Waals surface area contributed by atoms with E-state index in [1.54, 1.807) is 0 Å². The Morgan fingerprint density at radius 1 is 1.15 bits per heavy atom. The Kier molecular flexibility index (Phi) is 5.39. The molecule has 4 rings (SSSR count). The first-order valence-corrected chi connectivity index (χ1v) is 9.88. The number of benzene rings is 1. The fourth-order valence-corrected chi connectivity index (χ4v) is 4.31. The predicted octanol–water partition coefficient (Wildman–Crippen LogP) is 4.31. The average molecular weight is 362 g/mol. The third-order valence-electron chi connectivity index (χ3n) is 5.88. The van der Waals surface area contributed by atoms with Crippen molar-refractivity contribution in [2.45, 2.75) is 58.5 Å². The van der Waals surface area contributed by atoms with E-state index in [2.05, 4.69) is 20.8 Å². The number of hydrogen-bond donors (Lipinski definition) is 0. The fraction of sp³-hybridized carbons (Fsp3) is 0.714. The number of ether oxygens (including phenoxy) is 5. The van der Waals surface area contributed by atoms with Gasteiger partial charge in [0.15, 0.2) is 17.8 Å². The molecule has 1 aromatic carbocycles. The number of rotatable bonds is 5. The summed E-state index contributed by atoms with van der Waals surface area (Å²) in [5, 5.41) is 0. The van der Waals surface area contributed by atoms with Gasteiger partial charge in [0.2, 0.25) is 6.79 Å². The molecule has 1 aromatic rings. The summed E-state index contributed by atoms with van der Waals surface area (Å²) in [5.74, 6) is 3.59. The summed E-state index contributed by atoms with van der Waals surface area (Å²) in [6.45, 7) is 8.38. The molecule has 2 heterocycles. The largest absolute Gasteiger partial charge is 0.454 e. The first-order chi connectivity index (χ1) is 12.6. The van der Waals surface area contributed by atoms with Crippen LogP contribution in [0.2, 0.25) is 0 Å². The summed E-state index contributed by atoms with van der Waals surface area (Å²) in [7, 11) is 0. The highest BCUT2D eigenvalue weighted by Gasteiger charge is 2.34. The van der Waals surface area contributed by atoms with Crippen LogP contribution in [-0.4, -0.2) is 32.2 Å². The lowest BCUT2D eigenvalue weighted by molar-refractivity contribution is -0.0993. The smallest absolute Gasteiger partial charge is 0.231 e. The van der Waals surface area contributed by atoms with E-state index in [1.807, 2.05) is 18.2 Å². The molecule has 3 aliphatic rings. The molecule has 0 aromatic heterocycles.